The fourth-order valence-corrected chi connectivity index (χ4v) is 1.95. The maximum Gasteiger partial charge on any atom is 0.341 e. The van der Waals surface area contributed by atoms with Gasteiger partial charge in [0, 0.05) is 5.56 Å². The molecular formula is C16H13ClN2O4. The molecule has 1 aromatic rings. The summed E-state index contributed by atoms with van der Waals surface area (Å²) in [5, 5.41) is 17.5. The Kier molecular flexibility index (Phi) is 6.79. The van der Waals surface area contributed by atoms with E-state index in [0.29, 0.717) is 0 Å². The Balaban J connectivity index is 3.29. The summed E-state index contributed by atoms with van der Waals surface area (Å²) in [6.45, 7) is 1.10. The Hall–Kier alpha value is -2.83. The van der Waals surface area contributed by atoms with Crippen LogP contribution in [0.15, 0.2) is 17.7 Å². The van der Waals surface area contributed by atoms with Crippen LogP contribution in [-0.4, -0.2) is 25.5 Å². The molecule has 0 spiro atoms. The zero-order valence-electron chi connectivity index (χ0n) is 12.6. The normalized spacial score (nSPS) is 10.4. The van der Waals surface area contributed by atoms with Crippen LogP contribution in [0.25, 0.3) is 6.08 Å². The van der Waals surface area contributed by atoms with Crippen molar-refractivity contribution in [2.75, 3.05) is 13.7 Å². The Morgan fingerprint density at radius 2 is 2.04 bits per heavy atom. The van der Waals surface area contributed by atoms with Crippen molar-refractivity contribution >= 4 is 29.4 Å². The topological polar surface area (TPSA) is 100 Å². The van der Waals surface area contributed by atoms with Crippen LogP contribution in [0.4, 0.5) is 0 Å². The number of rotatable bonds is 6. The van der Waals surface area contributed by atoms with E-state index in [0.717, 1.165) is 0 Å². The first-order valence-corrected chi connectivity index (χ1v) is 6.86. The third-order valence-electron chi connectivity index (χ3n) is 2.78. The van der Waals surface area contributed by atoms with Crippen molar-refractivity contribution in [3.05, 3.63) is 33.9 Å². The molecule has 0 atom stereocenters. The minimum absolute atomic E-state index is 0.0257. The van der Waals surface area contributed by atoms with Crippen molar-refractivity contribution in [2.45, 2.75) is 13.3 Å². The standard InChI is InChI=1S/C16H13ClN2O4/c1-10(20)12(16(21)23-5-3-4-18)8-13-14(17)6-11(9-19)7-15(13)22-2/h6-8H,3,5H2,1-2H3/b12-8+. The second kappa shape index (κ2) is 8.57. The van der Waals surface area contributed by atoms with Gasteiger partial charge >= 0.3 is 5.97 Å². The second-order valence-corrected chi connectivity index (χ2v) is 4.75. The molecule has 6 nitrogen and oxygen atoms in total. The number of hydrogen-bond donors (Lipinski definition) is 0. The number of ether oxygens (including phenoxy) is 2. The van der Waals surface area contributed by atoms with Crippen LogP contribution in [0, 0.1) is 22.7 Å². The van der Waals surface area contributed by atoms with Gasteiger partial charge in [0.2, 0.25) is 0 Å². The highest BCUT2D eigenvalue weighted by Gasteiger charge is 2.19. The summed E-state index contributed by atoms with van der Waals surface area (Å²) in [4.78, 5) is 23.6. The summed E-state index contributed by atoms with van der Waals surface area (Å²) < 4.78 is 9.99. The molecule has 0 saturated carbocycles. The van der Waals surface area contributed by atoms with Crippen LogP contribution in [0.3, 0.4) is 0 Å². The van der Waals surface area contributed by atoms with E-state index < -0.39 is 11.8 Å². The van der Waals surface area contributed by atoms with Gasteiger partial charge in [0.25, 0.3) is 0 Å². The lowest BCUT2D eigenvalue weighted by Crippen LogP contribution is -2.14. The van der Waals surface area contributed by atoms with E-state index in [4.69, 9.17) is 31.6 Å². The first-order valence-electron chi connectivity index (χ1n) is 6.49. The lowest BCUT2D eigenvalue weighted by molar-refractivity contribution is -0.140. The molecule has 0 fully saturated rings. The minimum atomic E-state index is -0.852. The molecule has 0 radical (unpaired) electrons. The maximum atomic E-state index is 11.9. The largest absolute Gasteiger partial charge is 0.496 e. The predicted molar refractivity (Wildman–Crippen MR) is 82.6 cm³/mol. The number of nitriles is 2. The first kappa shape index (κ1) is 18.2. The number of esters is 1. The van der Waals surface area contributed by atoms with Gasteiger partial charge in [0.05, 0.1) is 36.3 Å². The van der Waals surface area contributed by atoms with Gasteiger partial charge in [0.15, 0.2) is 5.78 Å². The molecule has 0 bridgehead atoms. The summed E-state index contributed by atoms with van der Waals surface area (Å²) in [6, 6.07) is 6.59. The lowest BCUT2D eigenvalue weighted by atomic mass is 10.1. The number of benzene rings is 1. The van der Waals surface area contributed by atoms with Crippen LogP contribution in [-0.2, 0) is 14.3 Å². The van der Waals surface area contributed by atoms with E-state index in [1.165, 1.54) is 32.2 Å². The predicted octanol–water partition coefficient (Wildman–Crippen LogP) is 2.65. The van der Waals surface area contributed by atoms with Crippen molar-refractivity contribution < 1.29 is 19.1 Å². The lowest BCUT2D eigenvalue weighted by Gasteiger charge is -2.10. The molecule has 118 valence electrons. The molecule has 0 aliphatic carbocycles. The van der Waals surface area contributed by atoms with Gasteiger partial charge in [-0.25, -0.2) is 4.79 Å². The number of carbonyl (C=O) groups is 2. The maximum absolute atomic E-state index is 11.9. The van der Waals surface area contributed by atoms with Gasteiger partial charge in [0.1, 0.15) is 17.9 Å². The molecule has 0 heterocycles. The first-order chi connectivity index (χ1) is 10.9. The van der Waals surface area contributed by atoms with Gasteiger partial charge < -0.3 is 9.47 Å². The molecule has 0 aliphatic heterocycles. The van der Waals surface area contributed by atoms with Crippen LogP contribution >= 0.6 is 11.6 Å². The van der Waals surface area contributed by atoms with Gasteiger partial charge in [-0.3, -0.25) is 4.79 Å². The van der Waals surface area contributed by atoms with E-state index in [9.17, 15) is 9.59 Å². The Morgan fingerprint density at radius 3 is 2.57 bits per heavy atom. The molecule has 0 aliphatic rings. The number of halogens is 1. The molecule has 1 aromatic carbocycles. The zero-order chi connectivity index (χ0) is 17.4. The molecule has 23 heavy (non-hydrogen) atoms. The molecule has 0 unspecified atom stereocenters. The van der Waals surface area contributed by atoms with Crippen molar-refractivity contribution in [1.82, 2.24) is 0 Å². The molecule has 0 aromatic heterocycles. The average Bonchev–Trinajstić information content (AvgIpc) is 2.52. The Bertz CT molecular complexity index is 742. The molecule has 0 N–H and O–H groups in total. The van der Waals surface area contributed by atoms with E-state index in [2.05, 4.69) is 0 Å². The molecule has 7 heteroatoms. The monoisotopic (exact) mass is 332 g/mol. The third kappa shape index (κ3) is 4.84. The summed E-state index contributed by atoms with van der Waals surface area (Å²) in [7, 11) is 1.38. The van der Waals surface area contributed by atoms with Gasteiger partial charge in [-0.15, -0.1) is 0 Å². The second-order valence-electron chi connectivity index (χ2n) is 4.34. The fourth-order valence-electron chi connectivity index (χ4n) is 1.68. The highest BCUT2D eigenvalue weighted by Crippen LogP contribution is 2.31. The summed E-state index contributed by atoms with van der Waals surface area (Å²) >= 11 is 6.09. The van der Waals surface area contributed by atoms with Crippen LogP contribution < -0.4 is 4.74 Å². The average molecular weight is 333 g/mol. The SMILES string of the molecule is COc1cc(C#N)cc(Cl)c1/C=C(\C(C)=O)C(=O)OCCC#N. The van der Waals surface area contributed by atoms with Crippen LogP contribution in [0.5, 0.6) is 5.75 Å². The zero-order valence-corrected chi connectivity index (χ0v) is 13.3. The smallest absolute Gasteiger partial charge is 0.341 e. The van der Waals surface area contributed by atoms with E-state index in [-0.39, 0.29) is 40.5 Å². The number of Topliss-reactive ketones (excluding diaryl/α,β-unsaturated/α-hetero) is 1. The summed E-state index contributed by atoms with van der Waals surface area (Å²) in [5.41, 5.74) is 0.341. The Morgan fingerprint density at radius 1 is 1.35 bits per heavy atom. The van der Waals surface area contributed by atoms with E-state index >= 15 is 0 Å². The quantitative estimate of drug-likeness (QED) is 0.261. The molecule has 1 rings (SSSR count). The molecule has 0 saturated heterocycles. The van der Waals surface area contributed by atoms with Crippen LogP contribution in [0.2, 0.25) is 5.02 Å². The van der Waals surface area contributed by atoms with Crippen molar-refractivity contribution in [3.8, 4) is 17.9 Å². The minimum Gasteiger partial charge on any atom is -0.496 e. The van der Waals surface area contributed by atoms with Crippen molar-refractivity contribution in [2.24, 2.45) is 0 Å². The molecular weight excluding hydrogens is 320 g/mol. The summed E-state index contributed by atoms with van der Waals surface area (Å²) in [6.07, 6.45) is 1.28. The van der Waals surface area contributed by atoms with Crippen molar-refractivity contribution in [1.29, 1.82) is 10.5 Å². The number of methoxy groups -OCH3 is 1. The fraction of sp³-hybridized carbons (Fsp3) is 0.250. The number of ketones is 1. The van der Waals surface area contributed by atoms with Gasteiger partial charge in [-0.1, -0.05) is 11.6 Å². The van der Waals surface area contributed by atoms with Crippen molar-refractivity contribution in [3.63, 3.8) is 0 Å². The van der Waals surface area contributed by atoms with E-state index in [1.807, 2.05) is 12.1 Å². The Labute approximate surface area is 138 Å². The number of hydrogen-bond acceptors (Lipinski definition) is 6. The van der Waals surface area contributed by atoms with Gasteiger partial charge in [-0.2, -0.15) is 10.5 Å². The third-order valence-corrected chi connectivity index (χ3v) is 3.09. The highest BCUT2D eigenvalue weighted by atomic mass is 35.5. The number of nitrogens with zero attached hydrogens (tertiary/aromatic N) is 2. The number of carbonyl (C=O) groups excluding carboxylic acids is 2. The molecule has 0 amide bonds. The highest BCUT2D eigenvalue weighted by molar-refractivity contribution is 6.33. The van der Waals surface area contributed by atoms with E-state index in [1.54, 1.807) is 0 Å². The van der Waals surface area contributed by atoms with Crippen LogP contribution in [0.1, 0.15) is 24.5 Å². The van der Waals surface area contributed by atoms with Gasteiger partial charge in [-0.05, 0) is 25.1 Å². The summed E-state index contributed by atoms with van der Waals surface area (Å²) in [5.74, 6) is -1.12.